The Hall–Kier alpha value is -0.730. The minimum atomic E-state index is -0.131. The highest BCUT2D eigenvalue weighted by Gasteiger charge is 2.09. The van der Waals surface area contributed by atoms with Gasteiger partial charge in [0, 0.05) is 26.7 Å². The predicted molar refractivity (Wildman–Crippen MR) is 119 cm³/mol. The van der Waals surface area contributed by atoms with Crippen molar-refractivity contribution in [2.24, 2.45) is 4.99 Å². The monoisotopic (exact) mass is 486 g/mol. The Labute approximate surface area is 178 Å². The van der Waals surface area contributed by atoms with Crippen molar-refractivity contribution >= 4 is 78.5 Å². The second kappa shape index (κ2) is 9.46. The number of benzene rings is 2. The molecular formula is C18H16BrClN2OS3. The van der Waals surface area contributed by atoms with Gasteiger partial charge in [-0.25, -0.2) is 0 Å². The van der Waals surface area contributed by atoms with E-state index in [1.807, 2.05) is 30.3 Å². The fourth-order valence-electron chi connectivity index (χ4n) is 2.35. The highest BCUT2D eigenvalue weighted by atomic mass is 79.9. The van der Waals surface area contributed by atoms with Crippen LogP contribution in [0.5, 0.6) is 0 Å². The third kappa shape index (κ3) is 5.16. The lowest BCUT2D eigenvalue weighted by Gasteiger charge is -2.04. The normalized spacial score (nSPS) is 12.0. The number of hydrogen-bond acceptors (Lipinski definition) is 4. The zero-order valence-electron chi connectivity index (χ0n) is 13.9. The summed E-state index contributed by atoms with van der Waals surface area (Å²) in [4.78, 5) is 18.5. The van der Waals surface area contributed by atoms with E-state index in [1.54, 1.807) is 23.1 Å². The molecule has 1 amide bonds. The van der Waals surface area contributed by atoms with Crippen molar-refractivity contribution in [3.63, 3.8) is 0 Å². The van der Waals surface area contributed by atoms with Gasteiger partial charge in [0.05, 0.1) is 16.0 Å². The summed E-state index contributed by atoms with van der Waals surface area (Å²) in [5, 5.41) is 0.691. The number of thiazole rings is 1. The number of nitrogens with zero attached hydrogens (tertiary/aromatic N) is 2. The molecule has 0 aliphatic carbocycles. The largest absolute Gasteiger partial charge is 0.316 e. The van der Waals surface area contributed by atoms with Gasteiger partial charge in [-0.3, -0.25) is 4.79 Å². The topological polar surface area (TPSA) is 34.4 Å². The number of hydrogen-bond donors (Lipinski definition) is 0. The van der Waals surface area contributed by atoms with Crippen LogP contribution in [0.2, 0.25) is 5.02 Å². The molecule has 0 aliphatic heterocycles. The summed E-state index contributed by atoms with van der Waals surface area (Å²) in [6.45, 7) is 0.833. The molecule has 0 saturated heterocycles. The van der Waals surface area contributed by atoms with E-state index in [0.717, 1.165) is 36.7 Å². The highest BCUT2D eigenvalue weighted by Crippen LogP contribution is 2.23. The maximum Gasteiger partial charge on any atom is 0.258 e. The van der Waals surface area contributed by atoms with Crippen molar-refractivity contribution < 1.29 is 4.79 Å². The average Bonchev–Trinajstić information content (AvgIpc) is 2.95. The molecule has 0 spiro atoms. The molecule has 0 unspecified atom stereocenters. The number of rotatable bonds is 6. The molecule has 8 heteroatoms. The molecule has 3 rings (SSSR count). The average molecular weight is 488 g/mol. The van der Waals surface area contributed by atoms with Crippen molar-refractivity contribution in [2.75, 3.05) is 17.8 Å². The molecule has 136 valence electrons. The number of carbonyl (C=O) groups is 1. The number of aromatic nitrogens is 1. The highest BCUT2D eigenvalue weighted by molar-refractivity contribution is 9.10. The molecule has 2 aromatic carbocycles. The summed E-state index contributed by atoms with van der Waals surface area (Å²) in [6, 6.07) is 13.6. The number of aryl methyl sites for hydroxylation is 1. The fraction of sp³-hybridized carbons (Fsp3) is 0.222. The maximum atomic E-state index is 12.4. The van der Waals surface area contributed by atoms with Gasteiger partial charge < -0.3 is 4.57 Å². The van der Waals surface area contributed by atoms with Crippen LogP contribution >= 0.6 is 62.4 Å². The Morgan fingerprint density at radius 2 is 2.04 bits per heavy atom. The van der Waals surface area contributed by atoms with Gasteiger partial charge in [-0.1, -0.05) is 38.9 Å². The minimum absolute atomic E-state index is 0.131. The number of amides is 1. The molecule has 26 heavy (non-hydrogen) atoms. The van der Waals surface area contributed by atoms with Gasteiger partial charge in [-0.2, -0.15) is 16.8 Å². The molecule has 1 aromatic heterocycles. The number of fused-ring (bicyclic) bond motifs is 1. The zero-order chi connectivity index (χ0) is 18.5. The standard InChI is InChI=1S/C18H16BrClN2OS3/c1-24-9-8-22-15-7-2-12(19)10-16(15)26-18(22)21-17(23)11-25-14-5-3-13(20)4-6-14/h2-7,10H,8-9,11H2,1H3. The van der Waals surface area contributed by atoms with Crippen LogP contribution in [0.25, 0.3) is 10.2 Å². The molecule has 0 N–H and O–H groups in total. The van der Waals surface area contributed by atoms with Gasteiger partial charge in [0.15, 0.2) is 4.80 Å². The Morgan fingerprint density at radius 3 is 2.77 bits per heavy atom. The molecular weight excluding hydrogens is 472 g/mol. The molecule has 3 nitrogen and oxygen atoms in total. The van der Waals surface area contributed by atoms with E-state index in [2.05, 4.69) is 43.9 Å². The van der Waals surface area contributed by atoms with Gasteiger partial charge in [-0.15, -0.1) is 11.8 Å². The minimum Gasteiger partial charge on any atom is -0.316 e. The van der Waals surface area contributed by atoms with Crippen LogP contribution in [0.4, 0.5) is 0 Å². The van der Waals surface area contributed by atoms with Gasteiger partial charge in [0.1, 0.15) is 0 Å². The summed E-state index contributed by atoms with van der Waals surface area (Å²) in [6.07, 6.45) is 2.08. The molecule has 0 radical (unpaired) electrons. The predicted octanol–water partition coefficient (Wildman–Crippen LogP) is 5.70. The second-order valence-corrected chi connectivity index (χ2v) is 9.78. The SMILES string of the molecule is CSCCn1c(=NC(=O)CSc2ccc(Cl)cc2)sc2cc(Br)ccc21. The number of thioether (sulfide) groups is 2. The van der Waals surface area contributed by atoms with Crippen LogP contribution in [0.15, 0.2) is 56.8 Å². The molecule has 1 heterocycles. The lowest BCUT2D eigenvalue weighted by Crippen LogP contribution is -2.18. The van der Waals surface area contributed by atoms with E-state index < -0.39 is 0 Å². The van der Waals surface area contributed by atoms with Gasteiger partial charge in [0.2, 0.25) is 0 Å². The first kappa shape index (κ1) is 20.0. The number of halogens is 2. The Kier molecular flexibility index (Phi) is 7.28. The van der Waals surface area contributed by atoms with Crippen LogP contribution < -0.4 is 4.80 Å². The van der Waals surface area contributed by atoms with E-state index in [1.165, 1.54) is 11.8 Å². The van der Waals surface area contributed by atoms with Crippen molar-refractivity contribution in [2.45, 2.75) is 11.4 Å². The molecule has 0 bridgehead atoms. The summed E-state index contributed by atoms with van der Waals surface area (Å²) < 4.78 is 4.28. The van der Waals surface area contributed by atoms with E-state index in [0.29, 0.717) is 10.8 Å². The Morgan fingerprint density at radius 1 is 1.27 bits per heavy atom. The van der Waals surface area contributed by atoms with Crippen LogP contribution in [-0.2, 0) is 11.3 Å². The first-order valence-electron chi connectivity index (χ1n) is 7.80. The molecule has 0 aliphatic rings. The maximum absolute atomic E-state index is 12.4. The fourth-order valence-corrected chi connectivity index (χ4v) is 5.15. The van der Waals surface area contributed by atoms with Crippen LogP contribution in [0, 0.1) is 0 Å². The zero-order valence-corrected chi connectivity index (χ0v) is 18.7. The summed E-state index contributed by atoms with van der Waals surface area (Å²) in [7, 11) is 0. The Bertz CT molecular complexity index is 982. The Balaban J connectivity index is 1.84. The molecule has 0 atom stereocenters. The van der Waals surface area contributed by atoms with Crippen molar-refractivity contribution in [3.8, 4) is 0 Å². The van der Waals surface area contributed by atoms with E-state index in [-0.39, 0.29) is 5.91 Å². The van der Waals surface area contributed by atoms with E-state index >= 15 is 0 Å². The molecule has 0 fully saturated rings. The van der Waals surface area contributed by atoms with Crippen molar-refractivity contribution in [1.29, 1.82) is 0 Å². The lowest BCUT2D eigenvalue weighted by molar-refractivity contribution is -0.115. The molecule has 0 saturated carbocycles. The second-order valence-electron chi connectivity index (χ2n) is 5.39. The third-order valence-electron chi connectivity index (χ3n) is 3.56. The third-order valence-corrected chi connectivity index (χ3v) is 6.93. The van der Waals surface area contributed by atoms with Crippen molar-refractivity contribution in [1.82, 2.24) is 4.57 Å². The van der Waals surface area contributed by atoms with Crippen LogP contribution in [-0.4, -0.2) is 28.2 Å². The van der Waals surface area contributed by atoms with Crippen LogP contribution in [0.3, 0.4) is 0 Å². The van der Waals surface area contributed by atoms with Crippen molar-refractivity contribution in [3.05, 3.63) is 56.8 Å². The van der Waals surface area contributed by atoms with Crippen LogP contribution in [0.1, 0.15) is 0 Å². The van der Waals surface area contributed by atoms with E-state index in [9.17, 15) is 4.79 Å². The van der Waals surface area contributed by atoms with Gasteiger partial charge >= 0.3 is 0 Å². The van der Waals surface area contributed by atoms with Gasteiger partial charge in [-0.05, 0) is 48.7 Å². The smallest absolute Gasteiger partial charge is 0.258 e. The first-order chi connectivity index (χ1) is 12.6. The number of carbonyl (C=O) groups excluding carboxylic acids is 1. The van der Waals surface area contributed by atoms with Gasteiger partial charge in [0.25, 0.3) is 5.91 Å². The first-order valence-corrected chi connectivity index (χ1v) is 12.2. The lowest BCUT2D eigenvalue weighted by atomic mass is 10.3. The summed E-state index contributed by atoms with van der Waals surface area (Å²) in [5.41, 5.74) is 1.11. The quantitative estimate of drug-likeness (QED) is 0.418. The van der Waals surface area contributed by atoms with E-state index in [4.69, 9.17) is 11.6 Å². The summed E-state index contributed by atoms with van der Waals surface area (Å²) in [5.74, 6) is 1.15. The summed E-state index contributed by atoms with van der Waals surface area (Å²) >= 11 is 14.2. The molecule has 3 aromatic rings.